The summed E-state index contributed by atoms with van der Waals surface area (Å²) in [7, 11) is -5.54. The van der Waals surface area contributed by atoms with Crippen molar-refractivity contribution in [1.82, 2.24) is 5.32 Å². The summed E-state index contributed by atoms with van der Waals surface area (Å²) in [6.45, 7) is 3.71. The van der Waals surface area contributed by atoms with Crippen molar-refractivity contribution >= 4 is 42.4 Å². The zero-order valence-corrected chi connectivity index (χ0v) is 26.2. The molecule has 1 N–H and O–H groups in total. The van der Waals surface area contributed by atoms with Gasteiger partial charge in [-0.15, -0.1) is 0 Å². The molecular formula is C31H34N2O8S2. The zero-order chi connectivity index (χ0) is 31.1. The summed E-state index contributed by atoms with van der Waals surface area (Å²) in [4.78, 5) is 13.2. The average Bonchev–Trinajstić information content (AvgIpc) is 3.25. The number of nitrogens with zero attached hydrogens (tertiary/aromatic N) is 1. The zero-order valence-electron chi connectivity index (χ0n) is 24.6. The van der Waals surface area contributed by atoms with Crippen molar-refractivity contribution in [2.45, 2.75) is 32.5 Å². The van der Waals surface area contributed by atoms with Crippen molar-refractivity contribution in [3.8, 4) is 22.8 Å². The second-order valence-electron chi connectivity index (χ2n) is 10.8. The molecule has 1 aromatic heterocycles. The SMILES string of the molecule is CNC(=O)c1c(-c2ccc(Oc3ccc(C)cc3)cc2)oc2cc3c(cc12)C(C)OC(CCS(C)(=O)=O)CN3S(C)(=O)=O. The Morgan fingerprint density at radius 2 is 1.63 bits per heavy atom. The first-order valence-corrected chi connectivity index (χ1v) is 17.6. The van der Waals surface area contributed by atoms with Gasteiger partial charge < -0.3 is 19.2 Å². The summed E-state index contributed by atoms with van der Waals surface area (Å²) < 4.78 is 69.1. The van der Waals surface area contributed by atoms with Gasteiger partial charge in [0.05, 0.1) is 42.0 Å². The van der Waals surface area contributed by atoms with Crippen molar-refractivity contribution in [3.63, 3.8) is 0 Å². The largest absolute Gasteiger partial charge is 0.457 e. The van der Waals surface area contributed by atoms with Gasteiger partial charge in [-0.3, -0.25) is 9.10 Å². The number of aryl methyl sites for hydroxylation is 1. The number of ether oxygens (including phenoxy) is 2. The molecule has 43 heavy (non-hydrogen) atoms. The predicted octanol–water partition coefficient (Wildman–Crippen LogP) is 5.22. The van der Waals surface area contributed by atoms with Crippen LogP contribution >= 0.6 is 0 Å². The highest BCUT2D eigenvalue weighted by Crippen LogP contribution is 2.42. The van der Waals surface area contributed by atoms with Crippen molar-refractivity contribution in [2.24, 2.45) is 0 Å². The standard InChI is InChI=1S/C31H34N2O8S2/c1-19-6-10-22(11-7-19)40-23-12-8-21(9-13-23)30-29(31(34)32-3)26-16-25-20(2)39-24(14-15-42(4,35)36)18-33(43(5,37)38)27(25)17-28(26)41-30/h6-13,16-17,20,24H,14-15,18H2,1-5H3,(H,32,34). The molecule has 3 aromatic carbocycles. The van der Waals surface area contributed by atoms with Crippen LogP contribution in [0.1, 0.15) is 40.9 Å². The van der Waals surface area contributed by atoms with E-state index in [1.165, 1.54) is 11.4 Å². The van der Waals surface area contributed by atoms with Crippen LogP contribution in [0.5, 0.6) is 11.5 Å². The van der Waals surface area contributed by atoms with E-state index in [4.69, 9.17) is 13.9 Å². The molecule has 2 atom stereocenters. The van der Waals surface area contributed by atoms with Gasteiger partial charge in [0.15, 0.2) is 0 Å². The third-order valence-electron chi connectivity index (χ3n) is 7.35. The van der Waals surface area contributed by atoms with Gasteiger partial charge >= 0.3 is 0 Å². The van der Waals surface area contributed by atoms with Crippen molar-refractivity contribution in [2.75, 3.05) is 36.2 Å². The highest BCUT2D eigenvalue weighted by molar-refractivity contribution is 7.92. The molecule has 1 aliphatic rings. The Bertz CT molecular complexity index is 1880. The van der Waals surface area contributed by atoms with Crippen molar-refractivity contribution in [1.29, 1.82) is 0 Å². The van der Waals surface area contributed by atoms with E-state index in [1.807, 2.05) is 31.2 Å². The summed E-state index contributed by atoms with van der Waals surface area (Å²) in [5, 5.41) is 3.17. The molecule has 1 aliphatic heterocycles. The molecule has 2 heterocycles. The number of fused-ring (bicyclic) bond motifs is 2. The van der Waals surface area contributed by atoms with Crippen LogP contribution in [-0.4, -0.2) is 60.7 Å². The molecule has 2 unspecified atom stereocenters. The highest BCUT2D eigenvalue weighted by atomic mass is 32.2. The minimum atomic E-state index is -3.78. The van der Waals surface area contributed by atoms with Crippen LogP contribution in [0, 0.1) is 6.92 Å². The monoisotopic (exact) mass is 626 g/mol. The van der Waals surface area contributed by atoms with E-state index in [9.17, 15) is 21.6 Å². The van der Waals surface area contributed by atoms with Crippen molar-refractivity contribution < 1.29 is 35.5 Å². The minimum Gasteiger partial charge on any atom is -0.457 e. The lowest BCUT2D eigenvalue weighted by Gasteiger charge is -2.24. The summed E-state index contributed by atoms with van der Waals surface area (Å²) in [5.41, 5.74) is 3.27. The number of hydrogen-bond donors (Lipinski definition) is 1. The number of benzene rings is 3. The maximum Gasteiger partial charge on any atom is 0.255 e. The van der Waals surface area contributed by atoms with E-state index < -0.39 is 32.1 Å². The van der Waals surface area contributed by atoms with Crippen LogP contribution in [-0.2, 0) is 24.6 Å². The molecule has 4 aromatic rings. The van der Waals surface area contributed by atoms with Gasteiger partial charge in [-0.2, -0.15) is 0 Å². The van der Waals surface area contributed by atoms with E-state index in [0.717, 1.165) is 18.1 Å². The molecule has 1 amide bonds. The first kappa shape index (κ1) is 30.6. The topological polar surface area (TPSA) is 132 Å². The lowest BCUT2D eigenvalue weighted by molar-refractivity contribution is 0.00536. The number of carbonyl (C=O) groups excluding carboxylic acids is 1. The third kappa shape index (κ3) is 6.71. The fraction of sp³-hybridized carbons (Fsp3) is 0.323. The smallest absolute Gasteiger partial charge is 0.255 e. The number of sulfonamides is 1. The lowest BCUT2D eigenvalue weighted by atomic mass is 10.0. The second-order valence-corrected chi connectivity index (χ2v) is 15.0. The van der Waals surface area contributed by atoms with Gasteiger partial charge in [0.25, 0.3) is 5.91 Å². The number of anilines is 1. The third-order valence-corrected chi connectivity index (χ3v) is 9.47. The first-order chi connectivity index (χ1) is 20.2. The maximum absolute atomic E-state index is 13.2. The molecule has 0 aliphatic carbocycles. The second kappa shape index (κ2) is 11.7. The van der Waals surface area contributed by atoms with Gasteiger partial charge in [-0.25, -0.2) is 16.8 Å². The molecule has 5 rings (SSSR count). The number of hydrogen-bond acceptors (Lipinski definition) is 8. The fourth-order valence-electron chi connectivity index (χ4n) is 5.17. The van der Waals surface area contributed by atoms with Crippen LogP contribution in [0.4, 0.5) is 5.69 Å². The summed E-state index contributed by atoms with van der Waals surface area (Å²) in [6.07, 6.45) is 1.11. The summed E-state index contributed by atoms with van der Waals surface area (Å²) >= 11 is 0. The Labute approximate surface area is 251 Å². The van der Waals surface area contributed by atoms with Crippen molar-refractivity contribution in [3.05, 3.63) is 77.4 Å². The predicted molar refractivity (Wildman–Crippen MR) is 166 cm³/mol. The molecule has 0 saturated heterocycles. The summed E-state index contributed by atoms with van der Waals surface area (Å²) in [6, 6.07) is 18.2. The van der Waals surface area contributed by atoms with Gasteiger partial charge in [0.1, 0.15) is 32.7 Å². The molecule has 0 saturated carbocycles. The molecular weight excluding hydrogens is 592 g/mol. The fourth-order valence-corrected chi connectivity index (χ4v) is 6.81. The average molecular weight is 627 g/mol. The number of sulfone groups is 1. The molecule has 10 nitrogen and oxygen atoms in total. The molecule has 0 radical (unpaired) electrons. The van der Waals surface area contributed by atoms with Gasteiger partial charge in [-0.1, -0.05) is 17.7 Å². The Kier molecular flexibility index (Phi) is 8.30. The van der Waals surface area contributed by atoms with E-state index in [0.29, 0.717) is 50.6 Å². The quantitative estimate of drug-likeness (QED) is 0.282. The number of amides is 1. The number of nitrogens with one attached hydrogen (secondary N) is 1. The normalized spacial score (nSPS) is 17.4. The van der Waals surface area contributed by atoms with Gasteiger partial charge in [0, 0.05) is 35.9 Å². The number of furan rings is 1. The number of rotatable bonds is 8. The number of carbonyl (C=O) groups is 1. The Morgan fingerprint density at radius 3 is 2.21 bits per heavy atom. The molecule has 12 heteroatoms. The lowest BCUT2D eigenvalue weighted by Crippen LogP contribution is -2.37. The van der Waals surface area contributed by atoms with Crippen LogP contribution in [0.15, 0.2) is 65.1 Å². The van der Waals surface area contributed by atoms with Crippen LogP contribution in [0.2, 0.25) is 0 Å². The van der Waals surface area contributed by atoms with Gasteiger partial charge in [-0.05, 0) is 62.7 Å². The van der Waals surface area contributed by atoms with E-state index in [-0.39, 0.29) is 24.6 Å². The maximum atomic E-state index is 13.2. The van der Waals surface area contributed by atoms with E-state index in [1.54, 1.807) is 43.3 Å². The summed E-state index contributed by atoms with van der Waals surface area (Å²) in [5.74, 6) is 1.11. The van der Waals surface area contributed by atoms with Gasteiger partial charge in [0.2, 0.25) is 10.0 Å². The van der Waals surface area contributed by atoms with E-state index >= 15 is 0 Å². The first-order valence-electron chi connectivity index (χ1n) is 13.7. The molecule has 0 spiro atoms. The Hall–Kier alpha value is -3.87. The Morgan fingerprint density at radius 1 is 1.00 bits per heavy atom. The minimum absolute atomic E-state index is 0.0600. The van der Waals surface area contributed by atoms with Crippen LogP contribution in [0.25, 0.3) is 22.3 Å². The molecule has 228 valence electrons. The Balaban J connectivity index is 1.57. The van der Waals surface area contributed by atoms with Crippen LogP contribution < -0.4 is 14.4 Å². The van der Waals surface area contributed by atoms with Crippen LogP contribution in [0.3, 0.4) is 0 Å². The molecule has 0 bridgehead atoms. The van der Waals surface area contributed by atoms with E-state index in [2.05, 4.69) is 5.32 Å². The molecule has 0 fully saturated rings. The highest BCUT2D eigenvalue weighted by Gasteiger charge is 2.34.